The van der Waals surface area contributed by atoms with Crippen LogP contribution in [0, 0.1) is 5.92 Å². The Kier molecular flexibility index (Phi) is 6.35. The predicted molar refractivity (Wildman–Crippen MR) is 102 cm³/mol. The van der Waals surface area contributed by atoms with E-state index in [1.807, 2.05) is 17.0 Å². The number of sulfonamides is 1. The first kappa shape index (κ1) is 19.4. The molecule has 1 aromatic carbocycles. The SMILES string of the molecule is CC1CCN(C(=O)CCc2ccc(S(=O)(=O)NC3CCCC3)cc2)CC1. The first-order chi connectivity index (χ1) is 12.4. The van der Waals surface area contributed by atoms with E-state index in [0.717, 1.165) is 57.2 Å². The average molecular weight is 379 g/mol. The third kappa shape index (κ3) is 5.07. The van der Waals surface area contributed by atoms with Crippen molar-refractivity contribution >= 4 is 15.9 Å². The van der Waals surface area contributed by atoms with Crippen molar-refractivity contribution in [2.24, 2.45) is 5.92 Å². The summed E-state index contributed by atoms with van der Waals surface area (Å²) in [7, 11) is -3.44. The molecular formula is C20H30N2O3S. The zero-order valence-corrected chi connectivity index (χ0v) is 16.4. The Morgan fingerprint density at radius 2 is 1.69 bits per heavy atom. The summed E-state index contributed by atoms with van der Waals surface area (Å²) in [4.78, 5) is 14.6. The van der Waals surface area contributed by atoms with Gasteiger partial charge in [-0.1, -0.05) is 31.9 Å². The van der Waals surface area contributed by atoms with Crippen molar-refractivity contribution < 1.29 is 13.2 Å². The molecule has 0 aromatic heterocycles. The molecule has 2 aliphatic rings. The lowest BCUT2D eigenvalue weighted by atomic mass is 9.98. The molecule has 0 spiro atoms. The van der Waals surface area contributed by atoms with Crippen molar-refractivity contribution in [3.8, 4) is 0 Å². The molecule has 5 nitrogen and oxygen atoms in total. The summed E-state index contributed by atoms with van der Waals surface area (Å²) in [5.41, 5.74) is 1.00. The summed E-state index contributed by atoms with van der Waals surface area (Å²) in [6.45, 7) is 3.97. The van der Waals surface area contributed by atoms with Gasteiger partial charge < -0.3 is 4.90 Å². The van der Waals surface area contributed by atoms with Gasteiger partial charge in [0.05, 0.1) is 4.90 Å². The minimum Gasteiger partial charge on any atom is -0.343 e. The van der Waals surface area contributed by atoms with Crippen LogP contribution in [0.3, 0.4) is 0 Å². The summed E-state index contributed by atoms with van der Waals surface area (Å²) < 4.78 is 27.7. The first-order valence-electron chi connectivity index (χ1n) is 9.83. The Balaban J connectivity index is 1.51. The molecule has 1 heterocycles. The molecule has 2 fully saturated rings. The Hall–Kier alpha value is -1.40. The molecule has 0 unspecified atom stereocenters. The van der Waals surface area contributed by atoms with E-state index < -0.39 is 10.0 Å². The van der Waals surface area contributed by atoms with Gasteiger partial charge in [-0.05, 0) is 55.7 Å². The standard InChI is InChI=1S/C20H30N2O3S/c1-16-12-14-22(15-13-16)20(23)11-8-17-6-9-19(10-7-17)26(24,25)21-18-4-2-3-5-18/h6-7,9-10,16,18,21H,2-5,8,11-15H2,1H3. The maximum absolute atomic E-state index is 12.4. The summed E-state index contributed by atoms with van der Waals surface area (Å²) in [6.07, 6.45) is 7.36. The average Bonchev–Trinajstić information content (AvgIpc) is 3.13. The van der Waals surface area contributed by atoms with E-state index in [9.17, 15) is 13.2 Å². The van der Waals surface area contributed by atoms with Crippen LogP contribution in [0.15, 0.2) is 29.2 Å². The highest BCUT2D eigenvalue weighted by atomic mass is 32.2. The van der Waals surface area contributed by atoms with Gasteiger partial charge in [0.25, 0.3) is 0 Å². The van der Waals surface area contributed by atoms with E-state index in [0.29, 0.717) is 23.7 Å². The largest absolute Gasteiger partial charge is 0.343 e. The molecule has 0 atom stereocenters. The van der Waals surface area contributed by atoms with Crippen LogP contribution >= 0.6 is 0 Å². The fraction of sp³-hybridized carbons (Fsp3) is 0.650. The number of hydrogen-bond acceptors (Lipinski definition) is 3. The minimum atomic E-state index is -3.44. The van der Waals surface area contributed by atoms with Crippen molar-refractivity contribution in [1.82, 2.24) is 9.62 Å². The number of carbonyl (C=O) groups excluding carboxylic acids is 1. The van der Waals surface area contributed by atoms with E-state index in [1.54, 1.807) is 12.1 Å². The van der Waals surface area contributed by atoms with Gasteiger partial charge in [-0.3, -0.25) is 4.79 Å². The van der Waals surface area contributed by atoms with Crippen molar-refractivity contribution in [1.29, 1.82) is 0 Å². The van der Waals surface area contributed by atoms with Crippen LogP contribution in [0.25, 0.3) is 0 Å². The summed E-state index contributed by atoms with van der Waals surface area (Å²) in [5.74, 6) is 0.919. The number of amides is 1. The van der Waals surface area contributed by atoms with E-state index in [4.69, 9.17) is 0 Å². The highest BCUT2D eigenvalue weighted by Crippen LogP contribution is 2.21. The summed E-state index contributed by atoms with van der Waals surface area (Å²) in [6, 6.07) is 7.03. The van der Waals surface area contributed by atoms with E-state index >= 15 is 0 Å². The maximum atomic E-state index is 12.4. The lowest BCUT2D eigenvalue weighted by molar-refractivity contribution is -0.132. The summed E-state index contributed by atoms with van der Waals surface area (Å²) in [5, 5.41) is 0. The number of likely N-dealkylation sites (tertiary alicyclic amines) is 1. The lowest BCUT2D eigenvalue weighted by Gasteiger charge is -2.30. The number of benzene rings is 1. The van der Waals surface area contributed by atoms with E-state index in [1.165, 1.54) is 0 Å². The third-order valence-corrected chi connectivity index (χ3v) is 7.21. The van der Waals surface area contributed by atoms with Crippen molar-refractivity contribution in [2.45, 2.75) is 69.2 Å². The molecule has 0 bridgehead atoms. The minimum absolute atomic E-state index is 0.0737. The molecule has 6 heteroatoms. The fourth-order valence-electron chi connectivity index (χ4n) is 3.83. The molecule has 3 rings (SSSR count). The predicted octanol–water partition coefficient (Wildman–Crippen LogP) is 3.10. The highest BCUT2D eigenvalue weighted by Gasteiger charge is 2.23. The van der Waals surface area contributed by atoms with E-state index in [-0.39, 0.29) is 11.9 Å². The molecule has 0 radical (unpaired) electrons. The molecule has 1 amide bonds. The normalized spacial score (nSPS) is 19.8. The van der Waals surface area contributed by atoms with Gasteiger partial charge in [0.1, 0.15) is 0 Å². The number of aryl methyl sites for hydroxylation is 1. The molecule has 1 aromatic rings. The van der Waals surface area contributed by atoms with Crippen molar-refractivity contribution in [3.63, 3.8) is 0 Å². The number of rotatable bonds is 6. The topological polar surface area (TPSA) is 66.5 Å². The van der Waals surface area contributed by atoms with Gasteiger partial charge in [-0.15, -0.1) is 0 Å². The van der Waals surface area contributed by atoms with Crippen LogP contribution in [-0.2, 0) is 21.2 Å². The van der Waals surface area contributed by atoms with Crippen LogP contribution in [0.4, 0.5) is 0 Å². The second-order valence-electron chi connectivity index (χ2n) is 7.81. The van der Waals surface area contributed by atoms with Gasteiger partial charge >= 0.3 is 0 Å². The van der Waals surface area contributed by atoms with Crippen molar-refractivity contribution in [2.75, 3.05) is 13.1 Å². The zero-order chi connectivity index (χ0) is 18.6. The Bertz CT molecular complexity index is 701. The molecule has 1 aliphatic heterocycles. The zero-order valence-electron chi connectivity index (χ0n) is 15.6. The number of piperidine rings is 1. The van der Waals surface area contributed by atoms with Crippen LogP contribution in [0.5, 0.6) is 0 Å². The number of nitrogens with one attached hydrogen (secondary N) is 1. The second-order valence-corrected chi connectivity index (χ2v) is 9.52. The Morgan fingerprint density at radius 3 is 2.31 bits per heavy atom. The van der Waals surface area contributed by atoms with E-state index in [2.05, 4.69) is 11.6 Å². The smallest absolute Gasteiger partial charge is 0.240 e. The monoisotopic (exact) mass is 378 g/mol. The molecule has 1 saturated carbocycles. The van der Waals surface area contributed by atoms with Gasteiger partial charge in [0, 0.05) is 25.6 Å². The van der Waals surface area contributed by atoms with Gasteiger partial charge in [0.15, 0.2) is 0 Å². The quantitative estimate of drug-likeness (QED) is 0.827. The van der Waals surface area contributed by atoms with Crippen LogP contribution < -0.4 is 4.72 Å². The Morgan fingerprint density at radius 1 is 1.08 bits per heavy atom. The molecule has 1 aliphatic carbocycles. The van der Waals surface area contributed by atoms with Gasteiger partial charge in [-0.25, -0.2) is 13.1 Å². The fourth-order valence-corrected chi connectivity index (χ4v) is 5.14. The first-order valence-corrected chi connectivity index (χ1v) is 11.3. The Labute approximate surface area is 157 Å². The lowest BCUT2D eigenvalue weighted by Crippen LogP contribution is -2.38. The number of carbonyl (C=O) groups is 1. The molecule has 26 heavy (non-hydrogen) atoms. The molecular weight excluding hydrogens is 348 g/mol. The summed E-state index contributed by atoms with van der Waals surface area (Å²) >= 11 is 0. The second kappa shape index (κ2) is 8.53. The highest BCUT2D eigenvalue weighted by molar-refractivity contribution is 7.89. The van der Waals surface area contributed by atoms with Gasteiger partial charge in [-0.2, -0.15) is 0 Å². The van der Waals surface area contributed by atoms with Crippen molar-refractivity contribution in [3.05, 3.63) is 29.8 Å². The van der Waals surface area contributed by atoms with Gasteiger partial charge in [0.2, 0.25) is 15.9 Å². The number of nitrogens with zero attached hydrogens (tertiary/aromatic N) is 1. The number of hydrogen-bond donors (Lipinski definition) is 1. The van der Waals surface area contributed by atoms with Crippen LogP contribution in [0.1, 0.15) is 57.4 Å². The maximum Gasteiger partial charge on any atom is 0.240 e. The molecule has 144 valence electrons. The molecule has 1 N–H and O–H groups in total. The van der Waals surface area contributed by atoms with Crippen LogP contribution in [-0.4, -0.2) is 38.4 Å². The molecule has 1 saturated heterocycles. The van der Waals surface area contributed by atoms with Crippen LogP contribution in [0.2, 0.25) is 0 Å². The third-order valence-electron chi connectivity index (χ3n) is 5.67.